The molecule has 2 saturated heterocycles. The zero-order valence-electron chi connectivity index (χ0n) is 14.1. The molecule has 2 heterocycles. The van der Waals surface area contributed by atoms with Crippen molar-refractivity contribution in [3.05, 3.63) is 23.8 Å². The van der Waals surface area contributed by atoms with Crippen molar-refractivity contribution in [3.8, 4) is 0 Å². The summed E-state index contributed by atoms with van der Waals surface area (Å²) in [5.41, 5.74) is 2.36. The molecule has 0 atom stereocenters. The summed E-state index contributed by atoms with van der Waals surface area (Å²) in [6, 6.07) is 6.09. The maximum absolute atomic E-state index is 12.0. The zero-order valence-corrected chi connectivity index (χ0v) is 14.1. The second-order valence-electron chi connectivity index (χ2n) is 7.28. The highest BCUT2D eigenvalue weighted by Gasteiger charge is 2.52. The summed E-state index contributed by atoms with van der Waals surface area (Å²) in [6.45, 7) is 11.1. The van der Waals surface area contributed by atoms with Crippen LogP contribution in [0.2, 0.25) is 0 Å². The molecule has 0 aliphatic carbocycles. The molecule has 1 aromatic carbocycles. The van der Waals surface area contributed by atoms with Gasteiger partial charge in [-0.3, -0.25) is 4.79 Å². The van der Waals surface area contributed by atoms with E-state index in [0.29, 0.717) is 6.42 Å². The molecule has 0 unspecified atom stereocenters. The molecule has 0 N–H and O–H groups in total. The molecule has 1 amide bonds. The predicted molar refractivity (Wildman–Crippen MR) is 88.5 cm³/mol. The minimum Gasteiger partial charge on any atom is -0.399 e. The van der Waals surface area contributed by atoms with Gasteiger partial charge in [0.1, 0.15) is 0 Å². The van der Waals surface area contributed by atoms with Crippen molar-refractivity contribution in [3.63, 3.8) is 0 Å². The van der Waals surface area contributed by atoms with Crippen molar-refractivity contribution >= 4 is 24.2 Å². The highest BCUT2D eigenvalue weighted by molar-refractivity contribution is 6.62. The quantitative estimate of drug-likeness (QED) is 0.788. The first-order valence-corrected chi connectivity index (χ1v) is 7.98. The normalized spacial score (nSPS) is 23.4. The molecule has 3 rings (SSSR count). The lowest BCUT2D eigenvalue weighted by Gasteiger charge is -2.32. The van der Waals surface area contributed by atoms with Crippen molar-refractivity contribution in [2.75, 3.05) is 11.4 Å². The van der Waals surface area contributed by atoms with E-state index in [4.69, 9.17) is 9.31 Å². The van der Waals surface area contributed by atoms with E-state index in [2.05, 4.69) is 34.6 Å². The summed E-state index contributed by atoms with van der Waals surface area (Å²) in [5, 5.41) is 0. The number of aryl methyl sites for hydroxylation is 1. The molecule has 2 aliphatic rings. The Bertz CT molecular complexity index is 596. The van der Waals surface area contributed by atoms with E-state index >= 15 is 0 Å². The van der Waals surface area contributed by atoms with E-state index < -0.39 is 0 Å². The molecule has 1 aromatic rings. The van der Waals surface area contributed by atoms with Crippen LogP contribution in [0.1, 0.15) is 46.1 Å². The molecule has 0 radical (unpaired) electrons. The van der Waals surface area contributed by atoms with Crippen LogP contribution < -0.4 is 10.4 Å². The monoisotopic (exact) mass is 301 g/mol. The molecule has 2 fully saturated rings. The first kappa shape index (κ1) is 15.6. The van der Waals surface area contributed by atoms with Crippen LogP contribution in [0.25, 0.3) is 0 Å². The molecule has 0 bridgehead atoms. The number of hydrogen-bond donors (Lipinski definition) is 0. The van der Waals surface area contributed by atoms with Gasteiger partial charge in [-0.05, 0) is 58.6 Å². The summed E-state index contributed by atoms with van der Waals surface area (Å²) in [4.78, 5) is 13.8. The average molecular weight is 301 g/mol. The lowest BCUT2D eigenvalue weighted by Crippen LogP contribution is -2.41. The first-order chi connectivity index (χ1) is 10.2. The topological polar surface area (TPSA) is 38.8 Å². The van der Waals surface area contributed by atoms with Crippen LogP contribution in [0.5, 0.6) is 0 Å². The third kappa shape index (κ3) is 2.46. The van der Waals surface area contributed by atoms with Crippen LogP contribution in [0.15, 0.2) is 18.2 Å². The van der Waals surface area contributed by atoms with Gasteiger partial charge in [0.2, 0.25) is 5.91 Å². The fraction of sp³-hybridized carbons (Fsp3) is 0.588. The number of rotatable bonds is 2. The number of benzene rings is 1. The lowest BCUT2D eigenvalue weighted by molar-refractivity contribution is -0.117. The van der Waals surface area contributed by atoms with Gasteiger partial charge in [-0.25, -0.2) is 0 Å². The van der Waals surface area contributed by atoms with E-state index in [-0.39, 0.29) is 24.2 Å². The third-order valence-electron chi connectivity index (χ3n) is 5.16. The van der Waals surface area contributed by atoms with Crippen molar-refractivity contribution in [1.82, 2.24) is 0 Å². The summed E-state index contributed by atoms with van der Waals surface area (Å²) in [5.74, 6) is 0.198. The van der Waals surface area contributed by atoms with Gasteiger partial charge < -0.3 is 14.2 Å². The smallest absolute Gasteiger partial charge is 0.399 e. The number of nitrogens with zero attached hydrogens (tertiary/aromatic N) is 1. The van der Waals surface area contributed by atoms with Crippen molar-refractivity contribution in [2.45, 2.75) is 58.7 Å². The summed E-state index contributed by atoms with van der Waals surface area (Å²) in [7, 11) is -0.386. The molecule has 0 saturated carbocycles. The molecular formula is C17H24BNO3. The molecule has 5 heteroatoms. The largest absolute Gasteiger partial charge is 0.495 e. The highest BCUT2D eigenvalue weighted by atomic mass is 16.7. The van der Waals surface area contributed by atoms with Crippen LogP contribution in [0, 0.1) is 6.92 Å². The Morgan fingerprint density at radius 3 is 2.32 bits per heavy atom. The molecule has 2 aliphatic heterocycles. The molecular weight excluding hydrogens is 277 g/mol. The highest BCUT2D eigenvalue weighted by Crippen LogP contribution is 2.37. The van der Waals surface area contributed by atoms with Crippen LogP contribution in [0.3, 0.4) is 0 Å². The molecule has 0 aromatic heterocycles. The van der Waals surface area contributed by atoms with Gasteiger partial charge in [-0.1, -0.05) is 11.6 Å². The Morgan fingerprint density at radius 2 is 1.77 bits per heavy atom. The fourth-order valence-electron chi connectivity index (χ4n) is 2.94. The van der Waals surface area contributed by atoms with Crippen LogP contribution in [-0.2, 0) is 14.1 Å². The van der Waals surface area contributed by atoms with E-state index in [0.717, 1.165) is 29.7 Å². The Labute approximate surface area is 132 Å². The van der Waals surface area contributed by atoms with Crippen molar-refractivity contribution in [2.24, 2.45) is 0 Å². The van der Waals surface area contributed by atoms with Gasteiger partial charge in [0.25, 0.3) is 0 Å². The van der Waals surface area contributed by atoms with Crippen LogP contribution >= 0.6 is 0 Å². The summed E-state index contributed by atoms with van der Waals surface area (Å²) >= 11 is 0. The minimum absolute atomic E-state index is 0.198. The van der Waals surface area contributed by atoms with Crippen LogP contribution in [0.4, 0.5) is 5.69 Å². The van der Waals surface area contributed by atoms with Gasteiger partial charge in [-0.15, -0.1) is 0 Å². The Kier molecular flexibility index (Phi) is 3.61. The third-order valence-corrected chi connectivity index (χ3v) is 5.16. The van der Waals surface area contributed by atoms with Gasteiger partial charge in [0.15, 0.2) is 0 Å². The van der Waals surface area contributed by atoms with E-state index in [1.807, 2.05) is 23.1 Å². The Morgan fingerprint density at radius 1 is 1.14 bits per heavy atom. The fourth-order valence-corrected chi connectivity index (χ4v) is 2.94. The lowest BCUT2D eigenvalue weighted by atomic mass is 9.76. The van der Waals surface area contributed by atoms with Gasteiger partial charge in [0.05, 0.1) is 11.2 Å². The maximum atomic E-state index is 12.0. The van der Waals surface area contributed by atoms with E-state index in [1.54, 1.807) is 0 Å². The van der Waals surface area contributed by atoms with Gasteiger partial charge in [-0.2, -0.15) is 0 Å². The average Bonchev–Trinajstić information content (AvgIpc) is 2.92. The predicted octanol–water partition coefficient (Wildman–Crippen LogP) is 2.42. The van der Waals surface area contributed by atoms with Gasteiger partial charge >= 0.3 is 7.12 Å². The van der Waals surface area contributed by atoms with Crippen LogP contribution in [-0.4, -0.2) is 30.8 Å². The molecule has 118 valence electrons. The standard InChI is InChI=1S/C17H24BNO3/c1-12-8-9-13(19-10-6-7-15(19)20)11-14(12)18-21-16(2,3)17(4,5)22-18/h8-9,11H,6-7,10H2,1-5H3. The SMILES string of the molecule is Cc1ccc(N2CCCC2=O)cc1B1OC(C)(C)C(C)(C)O1. The number of amides is 1. The number of carbonyl (C=O) groups is 1. The summed E-state index contributed by atoms with van der Waals surface area (Å²) < 4.78 is 12.3. The number of anilines is 1. The second kappa shape index (κ2) is 5.10. The molecule has 4 nitrogen and oxygen atoms in total. The molecule has 0 spiro atoms. The maximum Gasteiger partial charge on any atom is 0.495 e. The van der Waals surface area contributed by atoms with Crippen molar-refractivity contribution in [1.29, 1.82) is 0 Å². The first-order valence-electron chi connectivity index (χ1n) is 7.98. The minimum atomic E-state index is -0.386. The summed E-state index contributed by atoms with van der Waals surface area (Å²) in [6.07, 6.45) is 1.57. The number of carbonyl (C=O) groups excluding carboxylic acids is 1. The number of hydrogen-bond acceptors (Lipinski definition) is 3. The van der Waals surface area contributed by atoms with Crippen molar-refractivity contribution < 1.29 is 14.1 Å². The second-order valence-corrected chi connectivity index (χ2v) is 7.28. The van der Waals surface area contributed by atoms with E-state index in [9.17, 15) is 4.79 Å². The van der Waals surface area contributed by atoms with Gasteiger partial charge in [0, 0.05) is 18.7 Å². The Hall–Kier alpha value is -1.33. The zero-order chi connectivity index (χ0) is 16.1. The van der Waals surface area contributed by atoms with E-state index in [1.165, 1.54) is 0 Å². The Balaban J connectivity index is 1.93. The molecule has 22 heavy (non-hydrogen) atoms.